The van der Waals surface area contributed by atoms with Gasteiger partial charge in [0.1, 0.15) is 0 Å². The Bertz CT molecular complexity index is 670. The first-order valence-corrected chi connectivity index (χ1v) is 9.49. The zero-order valence-corrected chi connectivity index (χ0v) is 16.4. The molecular weight excluding hydrogens is 371 g/mol. The molecule has 1 aromatic rings. The highest BCUT2D eigenvalue weighted by molar-refractivity contribution is 5.81. The molecule has 0 bridgehead atoms. The van der Waals surface area contributed by atoms with Gasteiger partial charge in [-0.2, -0.15) is 13.2 Å². The lowest BCUT2D eigenvalue weighted by Crippen LogP contribution is -2.53. The molecule has 1 fully saturated rings. The molecule has 0 spiro atoms. The molecule has 1 saturated heterocycles. The minimum atomic E-state index is -4.34. The minimum Gasteiger partial charge on any atom is -0.368 e. The van der Waals surface area contributed by atoms with Crippen molar-refractivity contribution in [2.24, 2.45) is 4.99 Å². The molecule has 0 saturated carbocycles. The standard InChI is InChI=1S/C19H28F3N5O/c1-3-8-24-17(28)7-9-25-18(23-2)27-12-10-26(11-13-27)16-6-4-5-15(14-16)19(20,21)22/h4-6,14H,3,7-13H2,1-2H3,(H,23,25)(H,24,28). The van der Waals surface area contributed by atoms with Crippen LogP contribution in [0.1, 0.15) is 25.3 Å². The lowest BCUT2D eigenvalue weighted by molar-refractivity contribution is -0.137. The normalized spacial score (nSPS) is 15.5. The first-order chi connectivity index (χ1) is 13.3. The first-order valence-electron chi connectivity index (χ1n) is 9.49. The molecule has 6 nitrogen and oxygen atoms in total. The third-order valence-electron chi connectivity index (χ3n) is 4.54. The molecule has 0 aliphatic carbocycles. The van der Waals surface area contributed by atoms with Crippen LogP contribution in [0.15, 0.2) is 29.3 Å². The van der Waals surface area contributed by atoms with E-state index >= 15 is 0 Å². The number of anilines is 1. The van der Waals surface area contributed by atoms with Gasteiger partial charge in [-0.1, -0.05) is 13.0 Å². The first kappa shape index (κ1) is 21.8. The highest BCUT2D eigenvalue weighted by atomic mass is 19.4. The van der Waals surface area contributed by atoms with Gasteiger partial charge in [0.25, 0.3) is 0 Å². The molecule has 0 unspecified atom stereocenters. The molecule has 0 radical (unpaired) electrons. The number of hydrogen-bond donors (Lipinski definition) is 2. The van der Waals surface area contributed by atoms with Crippen LogP contribution in [0.3, 0.4) is 0 Å². The Morgan fingerprint density at radius 2 is 1.86 bits per heavy atom. The van der Waals surface area contributed by atoms with E-state index in [1.54, 1.807) is 13.1 Å². The van der Waals surface area contributed by atoms with Crippen molar-refractivity contribution in [2.45, 2.75) is 25.9 Å². The summed E-state index contributed by atoms with van der Waals surface area (Å²) in [4.78, 5) is 19.9. The second-order valence-electron chi connectivity index (χ2n) is 6.60. The fourth-order valence-electron chi connectivity index (χ4n) is 3.03. The predicted octanol–water partition coefficient (Wildman–Crippen LogP) is 2.32. The van der Waals surface area contributed by atoms with Gasteiger partial charge < -0.3 is 20.4 Å². The zero-order valence-electron chi connectivity index (χ0n) is 16.4. The van der Waals surface area contributed by atoms with E-state index < -0.39 is 11.7 Å². The second-order valence-corrected chi connectivity index (χ2v) is 6.60. The number of aliphatic imine (C=N–C) groups is 1. The minimum absolute atomic E-state index is 0.000770. The number of guanidine groups is 1. The number of alkyl halides is 3. The van der Waals surface area contributed by atoms with Gasteiger partial charge in [-0.15, -0.1) is 0 Å². The van der Waals surface area contributed by atoms with Crippen LogP contribution in [-0.2, 0) is 11.0 Å². The van der Waals surface area contributed by atoms with Crippen molar-refractivity contribution in [3.63, 3.8) is 0 Å². The monoisotopic (exact) mass is 399 g/mol. The molecule has 156 valence electrons. The van der Waals surface area contributed by atoms with Gasteiger partial charge in [-0.3, -0.25) is 9.79 Å². The Kier molecular flexibility index (Phi) is 7.95. The summed E-state index contributed by atoms with van der Waals surface area (Å²) in [5, 5.41) is 6.00. The summed E-state index contributed by atoms with van der Waals surface area (Å²) in [5.41, 5.74) is -0.0590. The number of carbonyl (C=O) groups excluding carboxylic acids is 1. The van der Waals surface area contributed by atoms with E-state index in [4.69, 9.17) is 0 Å². The van der Waals surface area contributed by atoms with Gasteiger partial charge in [0.2, 0.25) is 5.91 Å². The maximum atomic E-state index is 12.9. The third-order valence-corrected chi connectivity index (χ3v) is 4.54. The van der Waals surface area contributed by atoms with E-state index in [1.807, 2.05) is 16.7 Å². The predicted molar refractivity (Wildman–Crippen MR) is 105 cm³/mol. The van der Waals surface area contributed by atoms with Crippen molar-refractivity contribution in [1.82, 2.24) is 15.5 Å². The maximum Gasteiger partial charge on any atom is 0.416 e. The van der Waals surface area contributed by atoms with Crippen LogP contribution >= 0.6 is 0 Å². The highest BCUT2D eigenvalue weighted by Crippen LogP contribution is 2.31. The molecule has 0 aromatic heterocycles. The van der Waals surface area contributed by atoms with E-state index in [2.05, 4.69) is 15.6 Å². The topological polar surface area (TPSA) is 60.0 Å². The van der Waals surface area contributed by atoms with Crippen LogP contribution in [0, 0.1) is 0 Å². The van der Waals surface area contributed by atoms with E-state index in [-0.39, 0.29) is 5.91 Å². The van der Waals surface area contributed by atoms with Crippen molar-refractivity contribution < 1.29 is 18.0 Å². The van der Waals surface area contributed by atoms with E-state index in [0.717, 1.165) is 12.5 Å². The number of piperazine rings is 1. The summed E-state index contributed by atoms with van der Waals surface area (Å²) in [7, 11) is 1.68. The maximum absolute atomic E-state index is 12.9. The van der Waals surface area contributed by atoms with Crippen molar-refractivity contribution in [1.29, 1.82) is 0 Å². The van der Waals surface area contributed by atoms with Crippen molar-refractivity contribution in [2.75, 3.05) is 51.2 Å². The van der Waals surface area contributed by atoms with E-state index in [0.29, 0.717) is 57.3 Å². The molecule has 1 aromatic carbocycles. The average molecular weight is 399 g/mol. The summed E-state index contributed by atoms with van der Waals surface area (Å²) in [6.45, 7) is 5.62. The molecule has 1 aliphatic heterocycles. The Hall–Kier alpha value is -2.45. The smallest absolute Gasteiger partial charge is 0.368 e. The van der Waals surface area contributed by atoms with Crippen LogP contribution in [-0.4, -0.2) is 63.1 Å². The van der Waals surface area contributed by atoms with Crippen LogP contribution in [0.4, 0.5) is 18.9 Å². The summed E-state index contributed by atoms with van der Waals surface area (Å²) in [5.74, 6) is 0.700. The van der Waals surface area contributed by atoms with Crippen molar-refractivity contribution in [3.8, 4) is 0 Å². The van der Waals surface area contributed by atoms with E-state index in [1.165, 1.54) is 12.1 Å². The molecular formula is C19H28F3N5O. The number of carbonyl (C=O) groups is 1. The molecule has 28 heavy (non-hydrogen) atoms. The zero-order chi connectivity index (χ0) is 20.6. The van der Waals surface area contributed by atoms with Crippen LogP contribution < -0.4 is 15.5 Å². The summed E-state index contributed by atoms with van der Waals surface area (Å²) >= 11 is 0. The fraction of sp³-hybridized carbons (Fsp3) is 0.579. The number of benzene rings is 1. The van der Waals surface area contributed by atoms with Crippen LogP contribution in [0.5, 0.6) is 0 Å². The summed E-state index contributed by atoms with van der Waals surface area (Å²) < 4.78 is 38.7. The Morgan fingerprint density at radius 1 is 1.14 bits per heavy atom. The molecule has 9 heteroatoms. The molecule has 1 aliphatic rings. The molecule has 0 atom stereocenters. The fourth-order valence-corrected chi connectivity index (χ4v) is 3.03. The second kappa shape index (κ2) is 10.2. The summed E-state index contributed by atoms with van der Waals surface area (Å²) in [6.07, 6.45) is -3.08. The van der Waals surface area contributed by atoms with Gasteiger partial charge in [0.15, 0.2) is 5.96 Å². The van der Waals surface area contributed by atoms with Crippen LogP contribution in [0.25, 0.3) is 0 Å². The third kappa shape index (κ3) is 6.31. The average Bonchev–Trinajstić information content (AvgIpc) is 2.69. The number of nitrogens with zero attached hydrogens (tertiary/aromatic N) is 3. The highest BCUT2D eigenvalue weighted by Gasteiger charge is 2.31. The Morgan fingerprint density at radius 3 is 2.46 bits per heavy atom. The molecule has 1 amide bonds. The number of amides is 1. The van der Waals surface area contributed by atoms with Gasteiger partial charge in [-0.05, 0) is 24.6 Å². The molecule has 2 N–H and O–H groups in total. The van der Waals surface area contributed by atoms with Crippen molar-refractivity contribution >= 4 is 17.6 Å². The number of hydrogen-bond acceptors (Lipinski definition) is 3. The van der Waals surface area contributed by atoms with Gasteiger partial charge in [-0.25, -0.2) is 0 Å². The SMILES string of the molecule is CCCNC(=O)CCNC(=NC)N1CCN(c2cccc(C(F)(F)F)c2)CC1. The Balaban J connectivity index is 1.84. The molecule has 2 rings (SSSR count). The van der Waals surface area contributed by atoms with Crippen LogP contribution in [0.2, 0.25) is 0 Å². The Labute approximate surface area is 163 Å². The number of rotatable bonds is 6. The summed E-state index contributed by atoms with van der Waals surface area (Å²) in [6, 6.07) is 5.42. The quantitative estimate of drug-likeness (QED) is 0.569. The van der Waals surface area contributed by atoms with Gasteiger partial charge in [0, 0.05) is 58.4 Å². The number of halogens is 3. The lowest BCUT2D eigenvalue weighted by atomic mass is 10.1. The van der Waals surface area contributed by atoms with Gasteiger partial charge >= 0.3 is 6.18 Å². The lowest BCUT2D eigenvalue weighted by Gasteiger charge is -2.37. The van der Waals surface area contributed by atoms with E-state index in [9.17, 15) is 18.0 Å². The van der Waals surface area contributed by atoms with Gasteiger partial charge in [0.05, 0.1) is 5.56 Å². The largest absolute Gasteiger partial charge is 0.416 e. The number of nitrogens with one attached hydrogen (secondary N) is 2. The van der Waals surface area contributed by atoms with Crippen molar-refractivity contribution in [3.05, 3.63) is 29.8 Å². The molecule has 1 heterocycles.